The van der Waals surface area contributed by atoms with Crippen molar-refractivity contribution >= 4 is 5.97 Å². The highest BCUT2D eigenvalue weighted by Crippen LogP contribution is 2.21. The zero-order valence-corrected chi connectivity index (χ0v) is 18.6. The second-order valence-corrected chi connectivity index (χ2v) is 7.43. The summed E-state index contributed by atoms with van der Waals surface area (Å²) in [7, 11) is 1.52. The summed E-state index contributed by atoms with van der Waals surface area (Å²) in [6, 6.07) is 15.5. The molecule has 160 valence electrons. The third kappa shape index (κ3) is 9.14. The molecule has 0 saturated heterocycles. The van der Waals surface area contributed by atoms with Crippen LogP contribution in [0.15, 0.2) is 48.5 Å². The number of esters is 1. The molecular weight excluding hydrogens is 364 g/mol. The summed E-state index contributed by atoms with van der Waals surface area (Å²) in [4.78, 5) is 11.6. The van der Waals surface area contributed by atoms with E-state index in [1.54, 1.807) is 19.1 Å². The van der Waals surface area contributed by atoms with Crippen molar-refractivity contribution in [3.63, 3.8) is 0 Å². The number of ether oxygens (including phenoxy) is 2. The lowest BCUT2D eigenvalue weighted by molar-refractivity contribution is -0.168. The monoisotopic (exact) mass is 400 g/mol. The third-order valence-corrected chi connectivity index (χ3v) is 5.18. The van der Waals surface area contributed by atoms with Crippen LogP contribution in [0.1, 0.15) is 76.0 Å². The van der Waals surface area contributed by atoms with Crippen molar-refractivity contribution in [2.45, 2.75) is 72.0 Å². The van der Waals surface area contributed by atoms with Crippen molar-refractivity contribution in [2.75, 3.05) is 7.11 Å². The number of hydrogen-bond acceptors (Lipinski definition) is 4. The van der Waals surface area contributed by atoms with Crippen LogP contribution >= 0.6 is 0 Å². The zero-order chi connectivity index (χ0) is 21.8. The van der Waals surface area contributed by atoms with Crippen LogP contribution in [0, 0.1) is 0 Å². The lowest BCUT2D eigenvalue weighted by Gasteiger charge is -2.12. The summed E-state index contributed by atoms with van der Waals surface area (Å²) in [6.07, 6.45) is 2.03. The van der Waals surface area contributed by atoms with Crippen molar-refractivity contribution < 1.29 is 19.4 Å². The summed E-state index contributed by atoms with van der Waals surface area (Å²) < 4.78 is 9.96. The largest absolute Gasteiger partial charge is 0.508 e. The predicted octanol–water partition coefficient (Wildman–Crippen LogP) is 6.18. The first-order valence-corrected chi connectivity index (χ1v) is 10.4. The number of phenols is 1. The highest BCUT2D eigenvalue weighted by molar-refractivity contribution is 5.72. The molecule has 2 aromatic carbocycles. The van der Waals surface area contributed by atoms with Gasteiger partial charge in [0.15, 0.2) is 6.29 Å². The molecule has 3 unspecified atom stereocenters. The van der Waals surface area contributed by atoms with Gasteiger partial charge in [0.2, 0.25) is 0 Å². The second-order valence-electron chi connectivity index (χ2n) is 7.43. The minimum atomic E-state index is -0.491. The van der Waals surface area contributed by atoms with Crippen molar-refractivity contribution in [1.82, 2.24) is 0 Å². The van der Waals surface area contributed by atoms with Gasteiger partial charge in [0.05, 0.1) is 6.42 Å². The molecule has 0 saturated carbocycles. The van der Waals surface area contributed by atoms with E-state index in [9.17, 15) is 4.79 Å². The smallest absolute Gasteiger partial charge is 0.312 e. The van der Waals surface area contributed by atoms with Gasteiger partial charge in [-0.2, -0.15) is 0 Å². The Balaban J connectivity index is 0.000000326. The third-order valence-electron chi connectivity index (χ3n) is 5.18. The van der Waals surface area contributed by atoms with Crippen LogP contribution in [-0.4, -0.2) is 24.5 Å². The van der Waals surface area contributed by atoms with Gasteiger partial charge in [-0.05, 0) is 60.4 Å². The lowest BCUT2D eigenvalue weighted by Crippen LogP contribution is -2.18. The van der Waals surface area contributed by atoms with Gasteiger partial charge in [-0.1, -0.05) is 64.1 Å². The molecule has 0 radical (unpaired) electrons. The molecule has 0 aromatic heterocycles. The van der Waals surface area contributed by atoms with Gasteiger partial charge in [0, 0.05) is 7.11 Å². The Kier molecular flexibility index (Phi) is 11.1. The first-order valence-electron chi connectivity index (χ1n) is 10.4. The van der Waals surface area contributed by atoms with Gasteiger partial charge >= 0.3 is 5.97 Å². The molecule has 0 spiro atoms. The van der Waals surface area contributed by atoms with Crippen LogP contribution in [-0.2, 0) is 20.7 Å². The van der Waals surface area contributed by atoms with Crippen LogP contribution in [0.3, 0.4) is 0 Å². The van der Waals surface area contributed by atoms with E-state index in [1.807, 2.05) is 24.3 Å². The Hall–Kier alpha value is -2.33. The predicted molar refractivity (Wildman–Crippen MR) is 118 cm³/mol. The molecule has 29 heavy (non-hydrogen) atoms. The second kappa shape index (κ2) is 13.0. The summed E-state index contributed by atoms with van der Waals surface area (Å²) in [6.45, 7) is 10.4. The molecule has 0 heterocycles. The molecule has 0 aliphatic heterocycles. The van der Waals surface area contributed by atoms with Gasteiger partial charge in [-0.3, -0.25) is 4.79 Å². The molecule has 3 atom stereocenters. The molecule has 2 aromatic rings. The lowest BCUT2D eigenvalue weighted by atomic mass is 9.96. The fourth-order valence-electron chi connectivity index (χ4n) is 2.73. The maximum absolute atomic E-state index is 11.6. The number of aromatic hydroxyl groups is 1. The van der Waals surface area contributed by atoms with Crippen LogP contribution < -0.4 is 0 Å². The summed E-state index contributed by atoms with van der Waals surface area (Å²) in [5.41, 5.74) is 3.55. The van der Waals surface area contributed by atoms with E-state index in [0.29, 0.717) is 17.6 Å². The maximum atomic E-state index is 11.6. The average molecular weight is 401 g/mol. The molecule has 0 aliphatic rings. The van der Waals surface area contributed by atoms with Crippen molar-refractivity contribution in [3.05, 3.63) is 65.2 Å². The van der Waals surface area contributed by atoms with Gasteiger partial charge in [0.25, 0.3) is 0 Å². The standard InChI is InChI=1S/C15H22O3.C10H14O/c1-5-11(2)14-8-6-7-13(9-14)10-15(16)18-12(3)17-4;1-3-8(2)9-4-6-10(11)7-5-9/h6-9,11-12H,5,10H2,1-4H3;4-8,11H,3H2,1-2H3. The SMILES string of the molecule is CCC(C)c1ccc(O)cc1.CCC(C)c1cccc(CC(=O)OC(C)OC)c1. The molecular formula is C25H36O4. The Morgan fingerprint density at radius 3 is 2.07 bits per heavy atom. The van der Waals surface area contributed by atoms with Crippen LogP contribution in [0.4, 0.5) is 0 Å². The highest BCUT2D eigenvalue weighted by Gasteiger charge is 2.10. The Labute approximate surface area is 175 Å². The zero-order valence-electron chi connectivity index (χ0n) is 18.6. The molecule has 2 rings (SSSR count). The van der Waals surface area contributed by atoms with E-state index in [1.165, 1.54) is 18.2 Å². The molecule has 0 bridgehead atoms. The normalized spacial score (nSPS) is 13.6. The average Bonchev–Trinajstić information content (AvgIpc) is 2.73. The first kappa shape index (κ1) is 24.7. The van der Waals surface area contributed by atoms with Gasteiger partial charge in [-0.15, -0.1) is 0 Å². The van der Waals surface area contributed by atoms with Gasteiger partial charge in [0.1, 0.15) is 5.75 Å². The maximum Gasteiger partial charge on any atom is 0.312 e. The van der Waals surface area contributed by atoms with Crippen LogP contribution in [0.2, 0.25) is 0 Å². The Bertz CT molecular complexity index is 724. The van der Waals surface area contributed by atoms with E-state index in [4.69, 9.17) is 14.6 Å². The van der Waals surface area contributed by atoms with E-state index in [-0.39, 0.29) is 12.4 Å². The number of hydrogen-bond donors (Lipinski definition) is 1. The summed E-state index contributed by atoms with van der Waals surface area (Å²) in [5, 5.41) is 9.01. The van der Waals surface area contributed by atoms with Crippen molar-refractivity contribution in [3.8, 4) is 5.75 Å². The van der Waals surface area contributed by atoms with E-state index < -0.39 is 6.29 Å². The topological polar surface area (TPSA) is 55.8 Å². The number of phenolic OH excluding ortho intramolecular Hbond substituents is 1. The number of methoxy groups -OCH3 is 1. The minimum absolute atomic E-state index is 0.259. The number of carbonyl (C=O) groups is 1. The summed E-state index contributed by atoms with van der Waals surface area (Å²) >= 11 is 0. The number of rotatable bonds is 8. The van der Waals surface area contributed by atoms with Crippen LogP contribution in [0.25, 0.3) is 0 Å². The molecule has 4 nitrogen and oxygen atoms in total. The van der Waals surface area contributed by atoms with Gasteiger partial charge < -0.3 is 14.6 Å². The molecule has 0 fully saturated rings. The Morgan fingerprint density at radius 1 is 0.931 bits per heavy atom. The summed E-state index contributed by atoms with van der Waals surface area (Å²) in [5.74, 6) is 1.19. The molecule has 1 N–H and O–H groups in total. The van der Waals surface area contributed by atoms with Crippen molar-refractivity contribution in [2.24, 2.45) is 0 Å². The quantitative estimate of drug-likeness (QED) is 0.424. The minimum Gasteiger partial charge on any atom is -0.508 e. The van der Waals surface area contributed by atoms with E-state index >= 15 is 0 Å². The fraction of sp³-hybridized carbons (Fsp3) is 0.480. The van der Waals surface area contributed by atoms with Crippen molar-refractivity contribution in [1.29, 1.82) is 0 Å². The van der Waals surface area contributed by atoms with E-state index in [2.05, 4.69) is 39.8 Å². The van der Waals surface area contributed by atoms with Gasteiger partial charge in [-0.25, -0.2) is 0 Å². The number of carbonyl (C=O) groups excluding carboxylic acids is 1. The van der Waals surface area contributed by atoms with Crippen LogP contribution in [0.5, 0.6) is 5.75 Å². The molecule has 0 amide bonds. The first-order chi connectivity index (χ1) is 13.8. The Morgan fingerprint density at radius 2 is 1.52 bits per heavy atom. The van der Waals surface area contributed by atoms with E-state index in [0.717, 1.165) is 18.4 Å². The molecule has 4 heteroatoms. The molecule has 0 aliphatic carbocycles. The fourth-order valence-corrected chi connectivity index (χ4v) is 2.73. The highest BCUT2D eigenvalue weighted by atomic mass is 16.7. The number of benzene rings is 2.